The number of amides is 2. The fourth-order valence-electron chi connectivity index (χ4n) is 1.97. The van der Waals surface area contributed by atoms with Crippen LogP contribution >= 0.6 is 22.6 Å². The minimum atomic E-state index is -0.205. The maximum absolute atomic E-state index is 12.1. The van der Waals surface area contributed by atoms with Gasteiger partial charge in [-0.3, -0.25) is 9.59 Å². The summed E-state index contributed by atoms with van der Waals surface area (Å²) in [7, 11) is 0. The van der Waals surface area contributed by atoms with Gasteiger partial charge in [0.05, 0.1) is 5.69 Å². The molecule has 21 heavy (non-hydrogen) atoms. The van der Waals surface area contributed by atoms with Crippen LogP contribution in [0.5, 0.6) is 5.75 Å². The average molecular weight is 394 g/mol. The Balaban J connectivity index is 1.79. The molecule has 0 fully saturated rings. The summed E-state index contributed by atoms with van der Waals surface area (Å²) in [6.07, 6.45) is 0. The topological polar surface area (TPSA) is 67.4 Å². The highest BCUT2D eigenvalue weighted by Gasteiger charge is 2.16. The van der Waals surface area contributed by atoms with Crippen LogP contribution in [0.25, 0.3) is 0 Å². The Kier molecular flexibility index (Phi) is 3.78. The molecule has 2 aromatic rings. The second-order valence-corrected chi connectivity index (χ2v) is 5.75. The smallest absolute Gasteiger partial charge is 0.262 e. The van der Waals surface area contributed by atoms with Crippen LogP contribution in [0.1, 0.15) is 10.4 Å². The summed E-state index contributed by atoms with van der Waals surface area (Å²) in [4.78, 5) is 23.4. The molecule has 2 aromatic carbocycles. The third kappa shape index (κ3) is 3.15. The van der Waals surface area contributed by atoms with Crippen molar-refractivity contribution in [2.24, 2.45) is 0 Å². The van der Waals surface area contributed by atoms with Crippen LogP contribution in [0, 0.1) is 3.57 Å². The van der Waals surface area contributed by atoms with Crippen LogP contribution in [-0.2, 0) is 4.79 Å². The van der Waals surface area contributed by atoms with Crippen LogP contribution in [0.3, 0.4) is 0 Å². The molecule has 1 aliphatic heterocycles. The van der Waals surface area contributed by atoms with E-state index in [2.05, 4.69) is 33.2 Å². The lowest BCUT2D eigenvalue weighted by atomic mass is 10.2. The molecule has 0 spiro atoms. The molecule has 1 heterocycles. The van der Waals surface area contributed by atoms with Crippen LogP contribution in [0.4, 0.5) is 11.4 Å². The molecule has 0 aliphatic carbocycles. The molecule has 0 unspecified atom stereocenters. The summed E-state index contributed by atoms with van der Waals surface area (Å²) in [6.45, 7) is 0.0152. The molecule has 106 valence electrons. The van der Waals surface area contributed by atoms with Crippen LogP contribution < -0.4 is 15.4 Å². The van der Waals surface area contributed by atoms with Gasteiger partial charge in [0, 0.05) is 14.8 Å². The average Bonchev–Trinajstić information content (AvgIpc) is 2.47. The number of anilines is 2. The quantitative estimate of drug-likeness (QED) is 0.770. The number of carbonyl (C=O) groups excluding carboxylic acids is 2. The van der Waals surface area contributed by atoms with Gasteiger partial charge in [0.25, 0.3) is 11.8 Å². The van der Waals surface area contributed by atoms with Crippen LogP contribution in [0.15, 0.2) is 42.5 Å². The van der Waals surface area contributed by atoms with Crippen molar-refractivity contribution in [1.82, 2.24) is 0 Å². The zero-order valence-electron chi connectivity index (χ0n) is 10.9. The molecular formula is C15H11IN2O3. The first kappa shape index (κ1) is 13.9. The van der Waals surface area contributed by atoms with Crippen LogP contribution in [0.2, 0.25) is 0 Å². The lowest BCUT2D eigenvalue weighted by Gasteiger charge is -2.18. The van der Waals surface area contributed by atoms with E-state index in [1.54, 1.807) is 30.3 Å². The first-order valence-corrected chi connectivity index (χ1v) is 7.33. The van der Waals surface area contributed by atoms with Gasteiger partial charge in [-0.25, -0.2) is 0 Å². The zero-order valence-corrected chi connectivity index (χ0v) is 13.0. The maximum Gasteiger partial charge on any atom is 0.262 e. The number of rotatable bonds is 2. The van der Waals surface area contributed by atoms with Crippen molar-refractivity contribution in [3.63, 3.8) is 0 Å². The van der Waals surface area contributed by atoms with E-state index in [0.717, 1.165) is 3.57 Å². The van der Waals surface area contributed by atoms with Crippen LogP contribution in [-0.4, -0.2) is 18.4 Å². The van der Waals surface area contributed by atoms with E-state index < -0.39 is 0 Å². The lowest BCUT2D eigenvalue weighted by Crippen LogP contribution is -2.25. The van der Waals surface area contributed by atoms with Crippen molar-refractivity contribution >= 4 is 45.8 Å². The van der Waals surface area contributed by atoms with Gasteiger partial charge in [-0.15, -0.1) is 0 Å². The van der Waals surface area contributed by atoms with E-state index in [0.29, 0.717) is 22.7 Å². The third-order valence-electron chi connectivity index (χ3n) is 2.98. The number of ether oxygens (including phenoxy) is 1. The monoisotopic (exact) mass is 394 g/mol. The third-order valence-corrected chi connectivity index (χ3v) is 3.70. The van der Waals surface area contributed by atoms with Crippen molar-refractivity contribution in [2.45, 2.75) is 0 Å². The minimum Gasteiger partial charge on any atom is -0.482 e. The molecule has 2 amide bonds. The molecule has 1 aliphatic rings. The number of benzene rings is 2. The minimum absolute atomic E-state index is 0.0152. The number of hydrogen-bond acceptors (Lipinski definition) is 3. The summed E-state index contributed by atoms with van der Waals surface area (Å²) in [5, 5.41) is 5.50. The van der Waals surface area contributed by atoms with E-state index in [-0.39, 0.29) is 18.4 Å². The Labute approximate surface area is 134 Å². The Bertz CT molecular complexity index is 713. The summed E-state index contributed by atoms with van der Waals surface area (Å²) in [5.41, 5.74) is 1.74. The summed E-state index contributed by atoms with van der Waals surface area (Å²) < 4.78 is 6.34. The van der Waals surface area contributed by atoms with Gasteiger partial charge >= 0.3 is 0 Å². The molecule has 0 saturated carbocycles. The van der Waals surface area contributed by atoms with E-state index in [9.17, 15) is 9.59 Å². The van der Waals surface area contributed by atoms with Gasteiger partial charge in [0.1, 0.15) is 5.75 Å². The van der Waals surface area contributed by atoms with Crippen molar-refractivity contribution < 1.29 is 14.3 Å². The molecule has 2 N–H and O–H groups in total. The predicted octanol–water partition coefficient (Wildman–Crippen LogP) is 2.87. The molecule has 3 rings (SSSR count). The first-order valence-electron chi connectivity index (χ1n) is 6.25. The number of carbonyl (C=O) groups is 2. The Morgan fingerprint density at radius 1 is 1.19 bits per heavy atom. The maximum atomic E-state index is 12.1. The number of fused-ring (bicyclic) bond motifs is 1. The van der Waals surface area contributed by atoms with Gasteiger partial charge in [-0.1, -0.05) is 0 Å². The number of halogens is 1. The highest BCUT2D eigenvalue weighted by Crippen LogP contribution is 2.30. The molecule has 6 heteroatoms. The van der Waals surface area contributed by atoms with Crippen molar-refractivity contribution in [3.8, 4) is 5.75 Å². The second kappa shape index (κ2) is 5.72. The highest BCUT2D eigenvalue weighted by atomic mass is 127. The van der Waals surface area contributed by atoms with E-state index in [1.807, 2.05) is 12.1 Å². The van der Waals surface area contributed by atoms with Crippen molar-refractivity contribution in [2.75, 3.05) is 17.2 Å². The largest absolute Gasteiger partial charge is 0.482 e. The first-order chi connectivity index (χ1) is 10.1. The summed E-state index contributed by atoms with van der Waals surface area (Å²) >= 11 is 2.18. The lowest BCUT2D eigenvalue weighted by molar-refractivity contribution is -0.118. The molecule has 5 nitrogen and oxygen atoms in total. The van der Waals surface area contributed by atoms with Gasteiger partial charge in [0.15, 0.2) is 6.61 Å². The fourth-order valence-corrected chi connectivity index (χ4v) is 2.32. The predicted molar refractivity (Wildman–Crippen MR) is 87.7 cm³/mol. The van der Waals surface area contributed by atoms with E-state index in [1.165, 1.54) is 0 Å². The van der Waals surface area contributed by atoms with Crippen molar-refractivity contribution in [3.05, 3.63) is 51.6 Å². The summed E-state index contributed by atoms with van der Waals surface area (Å²) in [5.74, 6) is 0.194. The highest BCUT2D eigenvalue weighted by molar-refractivity contribution is 14.1. The molecular weight excluding hydrogens is 383 g/mol. The van der Waals surface area contributed by atoms with Gasteiger partial charge in [-0.05, 0) is 65.1 Å². The Morgan fingerprint density at radius 2 is 1.95 bits per heavy atom. The molecule has 0 radical (unpaired) electrons. The van der Waals surface area contributed by atoms with Crippen molar-refractivity contribution in [1.29, 1.82) is 0 Å². The Morgan fingerprint density at radius 3 is 2.71 bits per heavy atom. The number of hydrogen-bond donors (Lipinski definition) is 2. The zero-order chi connectivity index (χ0) is 14.8. The normalized spacial score (nSPS) is 12.9. The molecule has 0 saturated heterocycles. The van der Waals surface area contributed by atoms with E-state index in [4.69, 9.17) is 4.74 Å². The Hall–Kier alpha value is -2.09. The number of nitrogens with one attached hydrogen (secondary N) is 2. The second-order valence-electron chi connectivity index (χ2n) is 4.51. The molecule has 0 bridgehead atoms. The van der Waals surface area contributed by atoms with E-state index >= 15 is 0 Å². The van der Waals surface area contributed by atoms with Gasteiger partial charge in [0.2, 0.25) is 0 Å². The SMILES string of the molecule is O=C1COc2ccc(NC(=O)c3ccc(I)cc3)cc2N1. The molecule has 0 atom stereocenters. The van der Waals surface area contributed by atoms with Gasteiger partial charge in [-0.2, -0.15) is 0 Å². The summed E-state index contributed by atoms with van der Waals surface area (Å²) in [6, 6.07) is 12.4. The molecule has 0 aromatic heterocycles. The van der Waals surface area contributed by atoms with Gasteiger partial charge < -0.3 is 15.4 Å². The standard InChI is InChI=1S/C15H11IN2O3/c16-10-3-1-9(2-4-10)15(20)17-11-5-6-13-12(7-11)18-14(19)8-21-13/h1-7H,8H2,(H,17,20)(H,18,19). The fraction of sp³-hybridized carbons (Fsp3) is 0.0667.